The van der Waals surface area contributed by atoms with Gasteiger partial charge in [0.15, 0.2) is 17.2 Å². The fourth-order valence-electron chi connectivity index (χ4n) is 3.13. The third-order valence-electron chi connectivity index (χ3n) is 4.75. The number of aryl methyl sites for hydroxylation is 1. The number of aliphatic imine (C=N–C) groups is 1. The number of rotatable bonds is 6. The Morgan fingerprint density at radius 3 is 2.58 bits per heavy atom. The third kappa shape index (κ3) is 5.15. The molecule has 166 valence electrons. The first-order valence-electron chi connectivity index (χ1n) is 10.3. The van der Waals surface area contributed by atoms with Crippen LogP contribution in [0.15, 0.2) is 77.4 Å². The molecule has 0 fully saturated rings. The Hall–Kier alpha value is -4.26. The summed E-state index contributed by atoms with van der Waals surface area (Å²) < 4.78 is 29.8. The number of esters is 2. The van der Waals surface area contributed by atoms with E-state index in [4.69, 9.17) is 14.2 Å². The summed E-state index contributed by atoms with van der Waals surface area (Å²) in [6.45, 7) is 4.08. The van der Waals surface area contributed by atoms with Crippen molar-refractivity contribution in [3.63, 3.8) is 0 Å². The molecule has 1 aliphatic rings. The number of nitrogens with zero attached hydrogens (tertiary/aromatic N) is 1. The second-order valence-corrected chi connectivity index (χ2v) is 7.24. The average Bonchev–Trinajstić information content (AvgIpc) is 3.16. The number of hydrogen-bond donors (Lipinski definition) is 0. The minimum atomic E-state index is -0.651. The van der Waals surface area contributed by atoms with E-state index >= 15 is 0 Å². The molecule has 0 bridgehead atoms. The maximum Gasteiger partial charge on any atom is 0.363 e. The van der Waals surface area contributed by atoms with Crippen molar-refractivity contribution < 1.29 is 28.2 Å². The fourth-order valence-corrected chi connectivity index (χ4v) is 3.13. The zero-order chi connectivity index (χ0) is 23.4. The summed E-state index contributed by atoms with van der Waals surface area (Å²) in [5.41, 5.74) is 2.46. The molecule has 1 heterocycles. The number of ether oxygens (including phenoxy) is 3. The van der Waals surface area contributed by atoms with Gasteiger partial charge in [0.1, 0.15) is 5.82 Å². The van der Waals surface area contributed by atoms with E-state index in [1.54, 1.807) is 43.3 Å². The van der Waals surface area contributed by atoms with E-state index in [0.29, 0.717) is 29.0 Å². The molecule has 0 saturated carbocycles. The van der Waals surface area contributed by atoms with Crippen LogP contribution in [-0.4, -0.2) is 24.4 Å². The van der Waals surface area contributed by atoms with Gasteiger partial charge in [-0.05, 0) is 68.0 Å². The number of carbonyl (C=O) groups is 2. The molecule has 3 aromatic rings. The smallest absolute Gasteiger partial charge is 0.363 e. The van der Waals surface area contributed by atoms with Gasteiger partial charge in [0.25, 0.3) is 0 Å². The van der Waals surface area contributed by atoms with Crippen molar-refractivity contribution in [3.05, 3.63) is 100 Å². The van der Waals surface area contributed by atoms with Crippen molar-refractivity contribution in [1.29, 1.82) is 0 Å². The van der Waals surface area contributed by atoms with Crippen LogP contribution in [0.5, 0.6) is 11.5 Å². The molecule has 0 aromatic heterocycles. The molecule has 0 amide bonds. The Labute approximate surface area is 189 Å². The highest BCUT2D eigenvalue weighted by Crippen LogP contribution is 2.31. The van der Waals surface area contributed by atoms with E-state index in [9.17, 15) is 14.0 Å². The summed E-state index contributed by atoms with van der Waals surface area (Å²) in [4.78, 5) is 28.9. The van der Waals surface area contributed by atoms with E-state index in [-0.39, 0.29) is 17.3 Å². The van der Waals surface area contributed by atoms with Gasteiger partial charge < -0.3 is 14.2 Å². The Balaban J connectivity index is 1.59. The molecule has 3 aromatic carbocycles. The molecule has 6 nitrogen and oxygen atoms in total. The lowest BCUT2D eigenvalue weighted by Crippen LogP contribution is -2.09. The van der Waals surface area contributed by atoms with E-state index < -0.39 is 17.8 Å². The summed E-state index contributed by atoms with van der Waals surface area (Å²) in [7, 11) is 0. The van der Waals surface area contributed by atoms with Gasteiger partial charge in [0, 0.05) is 5.56 Å². The van der Waals surface area contributed by atoms with Crippen LogP contribution >= 0.6 is 0 Å². The molecule has 1 aliphatic heterocycles. The van der Waals surface area contributed by atoms with E-state index in [1.807, 2.05) is 19.1 Å². The molecular formula is C26H20FNO5. The van der Waals surface area contributed by atoms with Crippen molar-refractivity contribution in [2.24, 2.45) is 4.99 Å². The lowest BCUT2D eigenvalue weighted by Gasteiger charge is -2.11. The lowest BCUT2D eigenvalue weighted by molar-refractivity contribution is -0.129. The monoisotopic (exact) mass is 445 g/mol. The molecule has 0 unspecified atom stereocenters. The van der Waals surface area contributed by atoms with Gasteiger partial charge in [-0.25, -0.2) is 19.0 Å². The fraction of sp³-hybridized carbons (Fsp3) is 0.115. The highest BCUT2D eigenvalue weighted by molar-refractivity contribution is 6.12. The Bertz CT molecular complexity index is 1280. The zero-order valence-corrected chi connectivity index (χ0v) is 18.0. The Morgan fingerprint density at radius 1 is 1.06 bits per heavy atom. The topological polar surface area (TPSA) is 74.2 Å². The average molecular weight is 445 g/mol. The van der Waals surface area contributed by atoms with Crippen LogP contribution in [0, 0.1) is 12.7 Å². The van der Waals surface area contributed by atoms with E-state index in [2.05, 4.69) is 4.99 Å². The van der Waals surface area contributed by atoms with Crippen molar-refractivity contribution in [3.8, 4) is 11.5 Å². The van der Waals surface area contributed by atoms with E-state index in [0.717, 1.165) is 5.56 Å². The maximum absolute atomic E-state index is 13.5. The summed E-state index contributed by atoms with van der Waals surface area (Å²) >= 11 is 0. The minimum Gasteiger partial charge on any atom is -0.490 e. The first-order valence-corrected chi connectivity index (χ1v) is 10.3. The van der Waals surface area contributed by atoms with E-state index in [1.165, 1.54) is 24.3 Å². The van der Waals surface area contributed by atoms with Gasteiger partial charge in [-0.15, -0.1) is 0 Å². The standard InChI is InChI=1S/C26H20FNO5/c1-3-31-23-14-17(9-12-22(23)32-25(29)18-10-7-16(2)8-11-18)13-21-26(30)33-24(28-21)19-5-4-6-20(27)15-19/h4-15H,3H2,1-2H3. The zero-order valence-electron chi connectivity index (χ0n) is 18.0. The van der Waals surface area contributed by atoms with Crippen LogP contribution in [0.3, 0.4) is 0 Å². The van der Waals surface area contributed by atoms with Gasteiger partial charge in [-0.1, -0.05) is 29.8 Å². The van der Waals surface area contributed by atoms with Gasteiger partial charge in [0.05, 0.1) is 12.2 Å². The molecule has 7 heteroatoms. The van der Waals surface area contributed by atoms with Gasteiger partial charge in [-0.2, -0.15) is 0 Å². The number of cyclic esters (lactones) is 1. The molecule has 33 heavy (non-hydrogen) atoms. The second-order valence-electron chi connectivity index (χ2n) is 7.24. The number of carbonyl (C=O) groups excluding carboxylic acids is 2. The summed E-state index contributed by atoms with van der Waals surface area (Å²) in [6, 6.07) is 17.6. The first-order chi connectivity index (χ1) is 15.9. The lowest BCUT2D eigenvalue weighted by atomic mass is 10.1. The van der Waals surface area contributed by atoms with Crippen molar-refractivity contribution in [2.45, 2.75) is 13.8 Å². The molecule has 0 N–H and O–H groups in total. The van der Waals surface area contributed by atoms with Crippen LogP contribution in [0.25, 0.3) is 6.08 Å². The highest BCUT2D eigenvalue weighted by Gasteiger charge is 2.24. The SMILES string of the molecule is CCOc1cc(C=C2N=C(c3cccc(F)c3)OC2=O)ccc1OC(=O)c1ccc(C)cc1. The first kappa shape index (κ1) is 22.0. The van der Waals surface area contributed by atoms with Crippen LogP contribution in [0.1, 0.15) is 34.0 Å². The quantitative estimate of drug-likeness (QED) is 0.300. The number of halogens is 1. The maximum atomic E-state index is 13.5. The van der Waals surface area contributed by atoms with Gasteiger partial charge >= 0.3 is 11.9 Å². The predicted molar refractivity (Wildman–Crippen MR) is 121 cm³/mol. The molecule has 0 radical (unpaired) electrons. The second kappa shape index (κ2) is 9.48. The molecule has 4 rings (SSSR count). The number of hydrogen-bond acceptors (Lipinski definition) is 6. The van der Waals surface area contributed by atoms with Crippen molar-refractivity contribution >= 4 is 23.9 Å². The number of benzene rings is 3. The van der Waals surface area contributed by atoms with Crippen LogP contribution < -0.4 is 9.47 Å². The van der Waals surface area contributed by atoms with Crippen LogP contribution in [0.2, 0.25) is 0 Å². The molecule has 0 spiro atoms. The molecular weight excluding hydrogens is 425 g/mol. The Morgan fingerprint density at radius 2 is 1.85 bits per heavy atom. The van der Waals surface area contributed by atoms with Crippen molar-refractivity contribution in [1.82, 2.24) is 0 Å². The summed E-state index contributed by atoms with van der Waals surface area (Å²) in [6.07, 6.45) is 1.52. The van der Waals surface area contributed by atoms with Crippen LogP contribution in [-0.2, 0) is 9.53 Å². The summed E-state index contributed by atoms with van der Waals surface area (Å²) in [5.74, 6) is -0.997. The molecule has 0 atom stereocenters. The summed E-state index contributed by atoms with van der Waals surface area (Å²) in [5, 5.41) is 0. The molecule has 0 aliphatic carbocycles. The Kier molecular flexibility index (Phi) is 6.31. The van der Waals surface area contributed by atoms with Gasteiger partial charge in [-0.3, -0.25) is 0 Å². The predicted octanol–water partition coefficient (Wildman–Crippen LogP) is 5.10. The van der Waals surface area contributed by atoms with Crippen molar-refractivity contribution in [2.75, 3.05) is 6.61 Å². The largest absolute Gasteiger partial charge is 0.490 e. The molecule has 0 saturated heterocycles. The third-order valence-corrected chi connectivity index (χ3v) is 4.75. The highest BCUT2D eigenvalue weighted by atomic mass is 19.1. The van der Waals surface area contributed by atoms with Crippen LogP contribution in [0.4, 0.5) is 4.39 Å². The minimum absolute atomic E-state index is 0.0272. The normalized spacial score (nSPS) is 14.1. The van der Waals surface area contributed by atoms with Gasteiger partial charge in [0.2, 0.25) is 5.90 Å².